The number of allylic oxidation sites excluding steroid dienone is 1. The van der Waals surface area contributed by atoms with Gasteiger partial charge in [0.1, 0.15) is 0 Å². The summed E-state index contributed by atoms with van der Waals surface area (Å²) >= 11 is 12.8. The molecule has 2 aromatic carbocycles. The van der Waals surface area contributed by atoms with E-state index >= 15 is 0 Å². The fraction of sp³-hybridized carbons (Fsp3) is 0.516. The molecule has 3 fully saturated rings. The summed E-state index contributed by atoms with van der Waals surface area (Å²) in [6, 6.07) is 15.1. The van der Waals surface area contributed by atoms with E-state index in [1.165, 1.54) is 0 Å². The van der Waals surface area contributed by atoms with Gasteiger partial charge in [-0.05, 0) is 86.3 Å². The number of halogens is 2. The van der Waals surface area contributed by atoms with Gasteiger partial charge < -0.3 is 4.90 Å². The number of hydrogen-bond acceptors (Lipinski definition) is 3. The molecule has 2 saturated carbocycles. The SMILES string of the molecule is C=CCC1(CC)CC(c2cccc(Cl)c2)C(c2ccc(Cl)cc2)N(C(CNS(=O)(=O)C2CCC2)C2CC2)C1=O. The molecule has 0 radical (unpaired) electrons. The predicted octanol–water partition coefficient (Wildman–Crippen LogP) is 7.27. The molecule has 3 aliphatic rings. The number of benzene rings is 2. The van der Waals surface area contributed by atoms with Crippen LogP contribution in [0, 0.1) is 11.3 Å². The summed E-state index contributed by atoms with van der Waals surface area (Å²) in [5.41, 5.74) is 1.44. The van der Waals surface area contributed by atoms with Crippen LogP contribution in [0.5, 0.6) is 0 Å². The molecule has 0 bridgehead atoms. The summed E-state index contributed by atoms with van der Waals surface area (Å²) < 4.78 is 29.1. The number of piperidine rings is 1. The zero-order chi connectivity index (χ0) is 27.8. The van der Waals surface area contributed by atoms with Crippen molar-refractivity contribution in [1.82, 2.24) is 9.62 Å². The topological polar surface area (TPSA) is 66.5 Å². The van der Waals surface area contributed by atoms with Crippen molar-refractivity contribution >= 4 is 39.1 Å². The molecule has 1 saturated heterocycles. The second kappa shape index (κ2) is 11.6. The molecule has 2 aromatic rings. The zero-order valence-electron chi connectivity index (χ0n) is 22.5. The highest BCUT2D eigenvalue weighted by Crippen LogP contribution is 2.55. The Morgan fingerprint density at radius 1 is 1.08 bits per heavy atom. The van der Waals surface area contributed by atoms with Crippen LogP contribution in [-0.2, 0) is 14.8 Å². The van der Waals surface area contributed by atoms with Crippen molar-refractivity contribution in [2.75, 3.05) is 6.54 Å². The number of nitrogens with one attached hydrogen (secondary N) is 1. The van der Waals surface area contributed by atoms with E-state index in [0.29, 0.717) is 42.1 Å². The third kappa shape index (κ3) is 5.81. The molecular weight excluding hydrogens is 551 g/mol. The van der Waals surface area contributed by atoms with Crippen LogP contribution in [0.15, 0.2) is 61.2 Å². The highest BCUT2D eigenvalue weighted by Gasteiger charge is 2.54. The van der Waals surface area contributed by atoms with E-state index in [-0.39, 0.29) is 41.6 Å². The van der Waals surface area contributed by atoms with E-state index < -0.39 is 15.4 Å². The third-order valence-electron chi connectivity index (χ3n) is 9.19. The van der Waals surface area contributed by atoms with Crippen molar-refractivity contribution in [3.8, 4) is 0 Å². The molecule has 39 heavy (non-hydrogen) atoms. The van der Waals surface area contributed by atoms with Crippen LogP contribution < -0.4 is 4.72 Å². The Hall–Kier alpha value is -1.86. The summed E-state index contributed by atoms with van der Waals surface area (Å²) in [4.78, 5) is 16.8. The summed E-state index contributed by atoms with van der Waals surface area (Å²) in [5, 5.41) is 0.966. The normalized spacial score (nSPS) is 26.7. The van der Waals surface area contributed by atoms with E-state index in [2.05, 4.69) is 24.3 Å². The number of likely N-dealkylation sites (tertiary alicyclic amines) is 1. The van der Waals surface area contributed by atoms with E-state index in [4.69, 9.17) is 23.2 Å². The Kier molecular flexibility index (Phi) is 8.49. The van der Waals surface area contributed by atoms with Crippen LogP contribution in [-0.4, -0.2) is 37.1 Å². The largest absolute Gasteiger partial charge is 0.330 e. The van der Waals surface area contributed by atoms with Gasteiger partial charge in [-0.3, -0.25) is 4.79 Å². The lowest BCUT2D eigenvalue weighted by Gasteiger charge is -2.53. The Labute approximate surface area is 243 Å². The van der Waals surface area contributed by atoms with Crippen LogP contribution in [0.25, 0.3) is 0 Å². The monoisotopic (exact) mass is 588 g/mol. The summed E-state index contributed by atoms with van der Waals surface area (Å²) in [7, 11) is -3.42. The fourth-order valence-electron chi connectivity index (χ4n) is 6.52. The minimum absolute atomic E-state index is 0.0352. The van der Waals surface area contributed by atoms with Crippen molar-refractivity contribution in [2.24, 2.45) is 11.3 Å². The lowest BCUT2D eigenvalue weighted by molar-refractivity contribution is -0.156. The number of amides is 1. The van der Waals surface area contributed by atoms with Gasteiger partial charge >= 0.3 is 0 Å². The van der Waals surface area contributed by atoms with E-state index in [1.807, 2.05) is 53.4 Å². The first-order valence-corrected chi connectivity index (χ1v) is 16.4. The van der Waals surface area contributed by atoms with E-state index in [9.17, 15) is 13.2 Å². The average Bonchev–Trinajstić information content (AvgIpc) is 3.71. The third-order valence-corrected chi connectivity index (χ3v) is 11.6. The number of carbonyl (C=O) groups is 1. The molecule has 8 heteroatoms. The molecule has 1 N–H and O–H groups in total. The Morgan fingerprint density at radius 2 is 1.79 bits per heavy atom. The first kappa shape index (κ1) is 28.7. The van der Waals surface area contributed by atoms with Gasteiger partial charge in [-0.15, -0.1) is 6.58 Å². The first-order chi connectivity index (χ1) is 18.7. The Bertz CT molecular complexity index is 1310. The minimum atomic E-state index is -3.42. The molecule has 1 heterocycles. The molecule has 4 atom stereocenters. The molecule has 0 aromatic heterocycles. The van der Waals surface area contributed by atoms with Gasteiger partial charge in [0, 0.05) is 28.5 Å². The van der Waals surface area contributed by atoms with Crippen LogP contribution >= 0.6 is 23.2 Å². The van der Waals surface area contributed by atoms with Gasteiger partial charge in [0.05, 0.1) is 16.7 Å². The lowest BCUT2D eigenvalue weighted by atomic mass is 9.65. The average molecular weight is 590 g/mol. The highest BCUT2D eigenvalue weighted by atomic mass is 35.5. The van der Waals surface area contributed by atoms with Crippen molar-refractivity contribution in [3.05, 3.63) is 82.4 Å². The minimum Gasteiger partial charge on any atom is -0.330 e. The number of nitrogens with zero attached hydrogens (tertiary/aromatic N) is 1. The smallest absolute Gasteiger partial charge is 0.229 e. The molecule has 4 unspecified atom stereocenters. The van der Waals surface area contributed by atoms with Gasteiger partial charge in [-0.1, -0.05) is 66.9 Å². The molecule has 5 rings (SSSR count). The number of sulfonamides is 1. The Balaban J connectivity index is 1.63. The summed E-state index contributed by atoms with van der Waals surface area (Å²) in [5.74, 6) is 0.305. The Morgan fingerprint density at radius 3 is 2.36 bits per heavy atom. The highest BCUT2D eigenvalue weighted by molar-refractivity contribution is 7.90. The van der Waals surface area contributed by atoms with Crippen LogP contribution in [0.2, 0.25) is 10.0 Å². The zero-order valence-corrected chi connectivity index (χ0v) is 24.8. The summed E-state index contributed by atoms with van der Waals surface area (Å²) in [6.07, 6.45) is 8.06. The van der Waals surface area contributed by atoms with Crippen LogP contribution in [0.3, 0.4) is 0 Å². The van der Waals surface area contributed by atoms with Crippen molar-refractivity contribution in [2.45, 2.75) is 81.5 Å². The van der Waals surface area contributed by atoms with Gasteiger partial charge in [0.2, 0.25) is 15.9 Å². The molecular formula is C31H38Cl2N2O3S. The fourth-order valence-corrected chi connectivity index (χ4v) is 8.44. The predicted molar refractivity (Wildman–Crippen MR) is 158 cm³/mol. The lowest BCUT2D eigenvalue weighted by Crippen LogP contribution is -2.59. The summed E-state index contributed by atoms with van der Waals surface area (Å²) in [6.45, 7) is 6.31. The van der Waals surface area contributed by atoms with Crippen molar-refractivity contribution in [1.29, 1.82) is 0 Å². The second-order valence-corrected chi connectivity index (χ2v) is 14.5. The molecule has 1 amide bonds. The maximum absolute atomic E-state index is 14.7. The number of rotatable bonds is 11. The van der Waals surface area contributed by atoms with Crippen LogP contribution in [0.4, 0.5) is 0 Å². The van der Waals surface area contributed by atoms with Gasteiger partial charge in [-0.25, -0.2) is 13.1 Å². The van der Waals surface area contributed by atoms with E-state index in [0.717, 1.165) is 30.4 Å². The van der Waals surface area contributed by atoms with Gasteiger partial charge in [0.15, 0.2) is 0 Å². The van der Waals surface area contributed by atoms with Crippen molar-refractivity contribution in [3.63, 3.8) is 0 Å². The maximum Gasteiger partial charge on any atom is 0.229 e. The van der Waals surface area contributed by atoms with E-state index in [1.54, 1.807) is 0 Å². The number of carbonyl (C=O) groups excluding carboxylic acids is 1. The molecule has 210 valence electrons. The molecule has 0 spiro atoms. The second-order valence-electron chi connectivity index (χ2n) is 11.6. The molecule has 5 nitrogen and oxygen atoms in total. The van der Waals surface area contributed by atoms with Crippen LogP contribution in [0.1, 0.15) is 81.4 Å². The quantitative estimate of drug-likeness (QED) is 0.280. The van der Waals surface area contributed by atoms with Crippen molar-refractivity contribution < 1.29 is 13.2 Å². The van der Waals surface area contributed by atoms with Gasteiger partial charge in [0.25, 0.3) is 0 Å². The maximum atomic E-state index is 14.7. The van der Waals surface area contributed by atoms with Gasteiger partial charge in [-0.2, -0.15) is 0 Å². The molecule has 1 aliphatic heterocycles. The standard InChI is InChI=1S/C31H38Cl2N2O3S/c1-3-17-31(4-2)19-27(23-7-5-8-25(33)18-23)29(22-13-15-24(32)16-14-22)35(30(31)36)28(21-11-12-21)20-34-39(37,38)26-9-6-10-26/h3,5,7-8,13-16,18,21,26-29,34H,1,4,6,9-12,17,19-20H2,2H3. The first-order valence-electron chi connectivity index (χ1n) is 14.1. The molecule has 2 aliphatic carbocycles. The number of hydrogen-bond donors (Lipinski definition) is 1.